The molecule has 2 aromatic carbocycles. The quantitative estimate of drug-likeness (QED) is 0.684. The van der Waals surface area contributed by atoms with E-state index in [9.17, 15) is 14.4 Å². The van der Waals surface area contributed by atoms with Crippen LogP contribution in [0.1, 0.15) is 19.8 Å². The van der Waals surface area contributed by atoms with Gasteiger partial charge >= 0.3 is 0 Å². The molecule has 0 unspecified atom stereocenters. The zero-order valence-electron chi connectivity index (χ0n) is 15.2. The number of methoxy groups -OCH3 is 1. The number of hydrogen-bond acceptors (Lipinski definition) is 4. The number of amides is 3. The summed E-state index contributed by atoms with van der Waals surface area (Å²) in [6, 6.07) is 13.7. The van der Waals surface area contributed by atoms with Crippen LogP contribution >= 0.6 is 0 Å². The highest BCUT2D eigenvalue weighted by atomic mass is 16.5. The average molecular weight is 367 g/mol. The molecule has 3 N–H and O–H groups in total. The van der Waals surface area contributed by atoms with Crippen molar-refractivity contribution in [2.75, 3.05) is 23.1 Å². The second kappa shape index (κ2) is 7.49. The Morgan fingerprint density at radius 3 is 1.93 bits per heavy atom. The summed E-state index contributed by atoms with van der Waals surface area (Å²) < 4.78 is 5.09. The van der Waals surface area contributed by atoms with Crippen LogP contribution in [0.25, 0.3) is 0 Å². The number of rotatable bonds is 6. The average Bonchev–Trinajstić information content (AvgIpc) is 3.44. The molecule has 1 fully saturated rings. The summed E-state index contributed by atoms with van der Waals surface area (Å²) in [4.78, 5) is 36.5. The third kappa shape index (κ3) is 4.25. The van der Waals surface area contributed by atoms with E-state index in [0.717, 1.165) is 0 Å². The van der Waals surface area contributed by atoms with Crippen LogP contribution in [0.4, 0.5) is 17.1 Å². The predicted octanol–water partition coefficient (Wildman–Crippen LogP) is 3.01. The van der Waals surface area contributed by atoms with E-state index >= 15 is 0 Å². The summed E-state index contributed by atoms with van der Waals surface area (Å²) in [5, 5.41) is 8.22. The Morgan fingerprint density at radius 2 is 1.41 bits per heavy atom. The summed E-state index contributed by atoms with van der Waals surface area (Å²) in [7, 11) is 1.57. The Hall–Kier alpha value is -3.35. The van der Waals surface area contributed by atoms with Gasteiger partial charge in [-0.2, -0.15) is 0 Å². The molecule has 2 aromatic rings. The standard InChI is InChI=1S/C20H21N3O4/c1-13(24)21-15-4-3-5-16(12-15)23-19(26)20(10-11-20)18(25)22-14-6-8-17(27-2)9-7-14/h3-9,12H,10-11H2,1-2H3,(H,21,24)(H,22,25)(H,23,26). The molecule has 1 aliphatic carbocycles. The van der Waals surface area contributed by atoms with Gasteiger partial charge in [-0.25, -0.2) is 0 Å². The summed E-state index contributed by atoms with van der Waals surface area (Å²) >= 11 is 0. The van der Waals surface area contributed by atoms with Crippen molar-refractivity contribution in [3.05, 3.63) is 48.5 Å². The van der Waals surface area contributed by atoms with E-state index in [1.165, 1.54) is 6.92 Å². The minimum Gasteiger partial charge on any atom is -0.497 e. The Labute approximate surface area is 157 Å². The molecule has 140 valence electrons. The lowest BCUT2D eigenvalue weighted by molar-refractivity contribution is -0.131. The maximum Gasteiger partial charge on any atom is 0.240 e. The lowest BCUT2D eigenvalue weighted by atomic mass is 10.0. The molecule has 0 atom stereocenters. The Bertz CT molecular complexity index is 873. The van der Waals surface area contributed by atoms with E-state index < -0.39 is 5.41 Å². The first-order valence-corrected chi connectivity index (χ1v) is 8.57. The zero-order chi connectivity index (χ0) is 19.4. The molecule has 1 saturated carbocycles. The SMILES string of the molecule is COc1ccc(NC(=O)C2(C(=O)Nc3cccc(NC(C)=O)c3)CC2)cc1. The number of ether oxygens (including phenoxy) is 1. The van der Waals surface area contributed by atoms with E-state index in [1.54, 1.807) is 55.6 Å². The number of nitrogens with one attached hydrogen (secondary N) is 3. The second-order valence-electron chi connectivity index (χ2n) is 6.48. The van der Waals surface area contributed by atoms with Gasteiger partial charge in [-0.15, -0.1) is 0 Å². The van der Waals surface area contributed by atoms with Crippen LogP contribution in [0.15, 0.2) is 48.5 Å². The van der Waals surface area contributed by atoms with Crippen LogP contribution in [0.2, 0.25) is 0 Å². The van der Waals surface area contributed by atoms with Crippen LogP contribution in [0.3, 0.4) is 0 Å². The lowest BCUT2D eigenvalue weighted by Gasteiger charge is -2.16. The van der Waals surface area contributed by atoms with Gasteiger partial charge in [-0.1, -0.05) is 6.07 Å². The molecule has 0 saturated heterocycles. The van der Waals surface area contributed by atoms with E-state index in [0.29, 0.717) is 35.7 Å². The van der Waals surface area contributed by atoms with Gasteiger partial charge in [0, 0.05) is 24.0 Å². The number of hydrogen-bond donors (Lipinski definition) is 3. The minimum absolute atomic E-state index is 0.198. The number of carbonyl (C=O) groups excluding carboxylic acids is 3. The third-order valence-corrected chi connectivity index (χ3v) is 4.41. The highest BCUT2D eigenvalue weighted by Gasteiger charge is 2.56. The van der Waals surface area contributed by atoms with Crippen molar-refractivity contribution in [2.24, 2.45) is 5.41 Å². The number of anilines is 3. The Kier molecular flexibility index (Phi) is 5.12. The number of benzene rings is 2. The zero-order valence-corrected chi connectivity index (χ0v) is 15.2. The smallest absolute Gasteiger partial charge is 0.240 e. The first-order valence-electron chi connectivity index (χ1n) is 8.57. The molecular formula is C20H21N3O4. The molecule has 1 aliphatic rings. The molecule has 0 radical (unpaired) electrons. The second-order valence-corrected chi connectivity index (χ2v) is 6.48. The van der Waals surface area contributed by atoms with Crippen molar-refractivity contribution in [2.45, 2.75) is 19.8 Å². The van der Waals surface area contributed by atoms with Gasteiger partial charge in [0.05, 0.1) is 7.11 Å². The highest BCUT2D eigenvalue weighted by Crippen LogP contribution is 2.47. The first-order chi connectivity index (χ1) is 12.9. The van der Waals surface area contributed by atoms with Crippen molar-refractivity contribution >= 4 is 34.8 Å². The van der Waals surface area contributed by atoms with Crippen LogP contribution in [0.5, 0.6) is 5.75 Å². The fourth-order valence-corrected chi connectivity index (χ4v) is 2.74. The normalized spacial score (nSPS) is 14.0. The van der Waals surface area contributed by atoms with Crippen molar-refractivity contribution < 1.29 is 19.1 Å². The summed E-state index contributed by atoms with van der Waals surface area (Å²) in [5.74, 6) is -0.196. The highest BCUT2D eigenvalue weighted by molar-refractivity contribution is 6.17. The fraction of sp³-hybridized carbons (Fsp3) is 0.250. The molecule has 0 bridgehead atoms. The Morgan fingerprint density at radius 1 is 0.852 bits per heavy atom. The molecule has 3 amide bonds. The van der Waals surface area contributed by atoms with Gasteiger partial charge in [0.2, 0.25) is 17.7 Å². The Balaban J connectivity index is 1.66. The van der Waals surface area contributed by atoms with Gasteiger partial charge in [0.25, 0.3) is 0 Å². The molecule has 27 heavy (non-hydrogen) atoms. The molecule has 0 aliphatic heterocycles. The minimum atomic E-state index is -1.07. The van der Waals surface area contributed by atoms with E-state index in [2.05, 4.69) is 16.0 Å². The first kappa shape index (κ1) is 18.4. The molecule has 7 heteroatoms. The number of carbonyl (C=O) groups is 3. The largest absolute Gasteiger partial charge is 0.497 e. The summed E-state index contributed by atoms with van der Waals surface area (Å²) in [5.41, 5.74) is 0.638. The van der Waals surface area contributed by atoms with Gasteiger partial charge in [-0.3, -0.25) is 14.4 Å². The van der Waals surface area contributed by atoms with Crippen LogP contribution in [-0.4, -0.2) is 24.8 Å². The monoisotopic (exact) mass is 367 g/mol. The van der Waals surface area contributed by atoms with Crippen LogP contribution in [-0.2, 0) is 14.4 Å². The van der Waals surface area contributed by atoms with Gasteiger partial charge in [0.15, 0.2) is 0 Å². The van der Waals surface area contributed by atoms with Crippen molar-refractivity contribution in [3.8, 4) is 5.75 Å². The van der Waals surface area contributed by atoms with Gasteiger partial charge in [0.1, 0.15) is 11.2 Å². The maximum absolute atomic E-state index is 12.7. The van der Waals surface area contributed by atoms with Crippen molar-refractivity contribution in [1.82, 2.24) is 0 Å². The maximum atomic E-state index is 12.7. The van der Waals surface area contributed by atoms with Gasteiger partial charge in [-0.05, 0) is 55.3 Å². The van der Waals surface area contributed by atoms with E-state index in [1.807, 2.05) is 0 Å². The topological polar surface area (TPSA) is 96.5 Å². The summed E-state index contributed by atoms with van der Waals surface area (Å²) in [6.45, 7) is 1.41. The molecule has 3 rings (SSSR count). The third-order valence-electron chi connectivity index (χ3n) is 4.41. The lowest BCUT2D eigenvalue weighted by Crippen LogP contribution is -2.35. The fourth-order valence-electron chi connectivity index (χ4n) is 2.74. The van der Waals surface area contributed by atoms with Crippen LogP contribution < -0.4 is 20.7 Å². The van der Waals surface area contributed by atoms with E-state index in [4.69, 9.17) is 4.74 Å². The molecule has 0 heterocycles. The van der Waals surface area contributed by atoms with Crippen molar-refractivity contribution in [1.29, 1.82) is 0 Å². The van der Waals surface area contributed by atoms with Crippen molar-refractivity contribution in [3.63, 3.8) is 0 Å². The van der Waals surface area contributed by atoms with Gasteiger partial charge < -0.3 is 20.7 Å². The predicted molar refractivity (Wildman–Crippen MR) is 103 cm³/mol. The van der Waals surface area contributed by atoms with Crippen LogP contribution in [0, 0.1) is 5.41 Å². The molecule has 0 spiro atoms. The molecule has 0 aromatic heterocycles. The summed E-state index contributed by atoms with van der Waals surface area (Å²) in [6.07, 6.45) is 0.985. The molecule has 7 nitrogen and oxygen atoms in total. The molecular weight excluding hydrogens is 346 g/mol. The van der Waals surface area contributed by atoms with E-state index in [-0.39, 0.29) is 17.7 Å².